The van der Waals surface area contributed by atoms with Crippen LogP contribution in [0.2, 0.25) is 10.0 Å². The van der Waals surface area contributed by atoms with Crippen molar-refractivity contribution in [2.75, 3.05) is 6.54 Å². The molecule has 8 heteroatoms. The van der Waals surface area contributed by atoms with Crippen molar-refractivity contribution in [3.8, 4) is 11.3 Å². The van der Waals surface area contributed by atoms with Gasteiger partial charge in [-0.2, -0.15) is 0 Å². The van der Waals surface area contributed by atoms with E-state index in [1.54, 1.807) is 39.0 Å². The summed E-state index contributed by atoms with van der Waals surface area (Å²) in [6.45, 7) is 5.24. The van der Waals surface area contributed by atoms with Crippen LogP contribution in [0, 0.1) is 0 Å². The van der Waals surface area contributed by atoms with Gasteiger partial charge in [0.2, 0.25) is 0 Å². The van der Waals surface area contributed by atoms with Crippen molar-refractivity contribution < 1.29 is 18.8 Å². The highest BCUT2D eigenvalue weighted by molar-refractivity contribution is 6.39. The molecule has 0 radical (unpaired) electrons. The van der Waals surface area contributed by atoms with Gasteiger partial charge >= 0.3 is 6.09 Å². The second-order valence-corrected chi connectivity index (χ2v) is 7.50. The van der Waals surface area contributed by atoms with E-state index in [-0.39, 0.29) is 24.6 Å². The Kier molecular flexibility index (Phi) is 4.51. The minimum absolute atomic E-state index is 0.0884. The zero-order valence-corrected chi connectivity index (χ0v) is 15.4. The lowest BCUT2D eigenvalue weighted by Crippen LogP contribution is -2.42. The number of aromatic nitrogens is 1. The molecule has 0 fully saturated rings. The van der Waals surface area contributed by atoms with Crippen LogP contribution >= 0.6 is 23.2 Å². The number of ether oxygens (including phenoxy) is 1. The molecule has 1 aromatic carbocycles. The first-order valence-electron chi connectivity index (χ1n) is 7.61. The number of amides is 1. The van der Waals surface area contributed by atoms with Gasteiger partial charge in [0, 0.05) is 5.56 Å². The molecular formula is C17H16Cl2N2O4. The number of fused-ring (bicyclic) bond motifs is 1. The van der Waals surface area contributed by atoms with E-state index < -0.39 is 11.7 Å². The number of Topliss-reactive ketones (excluding diaryl/α,β-unsaturated/α-hetero) is 1. The molecule has 132 valence electrons. The number of hydrogen-bond acceptors (Lipinski definition) is 5. The molecule has 3 rings (SSSR count). The Morgan fingerprint density at radius 1 is 1.20 bits per heavy atom. The minimum Gasteiger partial charge on any atom is -0.444 e. The molecule has 1 aliphatic rings. The van der Waals surface area contributed by atoms with E-state index in [4.69, 9.17) is 32.5 Å². The molecule has 0 saturated heterocycles. The van der Waals surface area contributed by atoms with Crippen LogP contribution in [0.15, 0.2) is 22.7 Å². The van der Waals surface area contributed by atoms with Crippen LogP contribution in [0.3, 0.4) is 0 Å². The molecule has 0 spiro atoms. The van der Waals surface area contributed by atoms with Gasteiger partial charge in [-0.15, -0.1) is 0 Å². The van der Waals surface area contributed by atoms with E-state index in [9.17, 15) is 9.59 Å². The fourth-order valence-corrected chi connectivity index (χ4v) is 3.13. The first-order chi connectivity index (χ1) is 11.7. The van der Waals surface area contributed by atoms with Crippen LogP contribution in [0.5, 0.6) is 0 Å². The highest BCUT2D eigenvalue weighted by atomic mass is 35.5. The van der Waals surface area contributed by atoms with Crippen LogP contribution < -0.4 is 0 Å². The number of benzene rings is 1. The zero-order valence-electron chi connectivity index (χ0n) is 13.9. The lowest BCUT2D eigenvalue weighted by molar-refractivity contribution is 0.0203. The number of carbonyl (C=O) groups excluding carboxylic acids is 2. The molecule has 0 unspecified atom stereocenters. The van der Waals surface area contributed by atoms with Gasteiger partial charge in [-0.1, -0.05) is 34.4 Å². The number of halogens is 2. The lowest BCUT2D eigenvalue weighted by atomic mass is 9.99. The maximum Gasteiger partial charge on any atom is 0.411 e. The molecule has 2 heterocycles. The summed E-state index contributed by atoms with van der Waals surface area (Å²) >= 11 is 12.4. The number of hydrogen-bond donors (Lipinski definition) is 0. The number of nitrogens with zero attached hydrogens (tertiary/aromatic N) is 2. The van der Waals surface area contributed by atoms with E-state index in [1.807, 2.05) is 0 Å². The molecule has 0 N–H and O–H groups in total. The van der Waals surface area contributed by atoms with Gasteiger partial charge in [-0.05, 0) is 32.9 Å². The Balaban J connectivity index is 1.95. The molecule has 0 atom stereocenters. The smallest absolute Gasteiger partial charge is 0.411 e. The molecule has 1 aliphatic heterocycles. The van der Waals surface area contributed by atoms with Crippen molar-refractivity contribution >= 4 is 35.1 Å². The Labute approximate surface area is 154 Å². The highest BCUT2D eigenvalue weighted by Crippen LogP contribution is 2.38. The van der Waals surface area contributed by atoms with Crippen molar-refractivity contribution in [2.45, 2.75) is 32.9 Å². The van der Waals surface area contributed by atoms with Crippen molar-refractivity contribution in [1.82, 2.24) is 10.1 Å². The van der Waals surface area contributed by atoms with Crippen molar-refractivity contribution in [1.29, 1.82) is 0 Å². The van der Waals surface area contributed by atoms with Crippen LogP contribution in [0.1, 0.15) is 36.9 Å². The van der Waals surface area contributed by atoms with E-state index in [0.717, 1.165) is 0 Å². The van der Waals surface area contributed by atoms with Crippen molar-refractivity contribution in [3.05, 3.63) is 39.6 Å². The van der Waals surface area contributed by atoms with Gasteiger partial charge in [0.05, 0.1) is 28.7 Å². The Morgan fingerprint density at radius 3 is 2.44 bits per heavy atom. The van der Waals surface area contributed by atoms with E-state index >= 15 is 0 Å². The van der Waals surface area contributed by atoms with Gasteiger partial charge in [-0.25, -0.2) is 4.79 Å². The third-order valence-corrected chi connectivity index (χ3v) is 4.19. The third-order valence-electron chi connectivity index (χ3n) is 3.56. The summed E-state index contributed by atoms with van der Waals surface area (Å²) in [5.74, 6) is -0.0209. The summed E-state index contributed by atoms with van der Waals surface area (Å²) in [4.78, 5) is 26.1. The summed E-state index contributed by atoms with van der Waals surface area (Å²) in [6.07, 6.45) is -0.583. The quantitative estimate of drug-likeness (QED) is 0.721. The van der Waals surface area contributed by atoms with Crippen LogP contribution in [-0.4, -0.2) is 34.1 Å². The molecule has 0 bridgehead atoms. The number of rotatable bonds is 1. The summed E-state index contributed by atoms with van der Waals surface area (Å²) in [5.41, 5.74) is 0.377. The standard InChI is InChI=1S/C17H16Cl2N2O4/c1-17(2,3)24-16(23)21-7-11(22)14-12(8-21)25-20-15(14)13-9(18)5-4-6-10(13)19/h4-6H,7-8H2,1-3H3. The Hall–Kier alpha value is -2.05. The van der Waals surface area contributed by atoms with Gasteiger partial charge in [0.25, 0.3) is 0 Å². The summed E-state index contributed by atoms with van der Waals surface area (Å²) in [5, 5.41) is 4.70. The fourth-order valence-electron chi connectivity index (χ4n) is 2.55. The summed E-state index contributed by atoms with van der Waals surface area (Å²) in [6, 6.07) is 5.01. The fraction of sp³-hybridized carbons (Fsp3) is 0.353. The van der Waals surface area contributed by atoms with Gasteiger partial charge in [0.1, 0.15) is 11.3 Å². The maximum absolute atomic E-state index is 12.6. The number of ketones is 1. The van der Waals surface area contributed by atoms with Gasteiger partial charge in [0.15, 0.2) is 11.5 Å². The molecule has 1 amide bonds. The average Bonchev–Trinajstić information content (AvgIpc) is 2.89. The Morgan fingerprint density at radius 2 is 1.84 bits per heavy atom. The second kappa shape index (κ2) is 6.35. The maximum atomic E-state index is 12.6. The monoisotopic (exact) mass is 382 g/mol. The molecule has 0 aliphatic carbocycles. The highest BCUT2D eigenvalue weighted by Gasteiger charge is 2.36. The molecule has 0 saturated carbocycles. The second-order valence-electron chi connectivity index (χ2n) is 6.69. The molecule has 2 aromatic rings. The molecule has 6 nitrogen and oxygen atoms in total. The summed E-state index contributed by atoms with van der Waals surface area (Å²) < 4.78 is 10.6. The van der Waals surface area contributed by atoms with Crippen LogP contribution in [0.4, 0.5) is 4.79 Å². The van der Waals surface area contributed by atoms with Gasteiger partial charge < -0.3 is 9.26 Å². The van der Waals surface area contributed by atoms with Crippen LogP contribution in [-0.2, 0) is 11.3 Å². The minimum atomic E-state index is -0.655. The predicted octanol–water partition coefficient (Wildman–Crippen LogP) is 4.58. The molecular weight excluding hydrogens is 367 g/mol. The topological polar surface area (TPSA) is 72.6 Å². The SMILES string of the molecule is CC(C)(C)OC(=O)N1CC(=O)c2c(-c3c(Cl)cccc3Cl)noc2C1. The first kappa shape index (κ1) is 17.8. The average molecular weight is 383 g/mol. The van der Waals surface area contributed by atoms with Gasteiger partial charge in [-0.3, -0.25) is 9.69 Å². The lowest BCUT2D eigenvalue weighted by Gasteiger charge is -2.28. The largest absolute Gasteiger partial charge is 0.444 e. The van der Waals surface area contributed by atoms with Crippen molar-refractivity contribution in [2.24, 2.45) is 0 Å². The Bertz CT molecular complexity index is 835. The predicted molar refractivity (Wildman–Crippen MR) is 92.9 cm³/mol. The third kappa shape index (κ3) is 3.50. The zero-order chi connectivity index (χ0) is 18.4. The molecule has 25 heavy (non-hydrogen) atoms. The summed E-state index contributed by atoms with van der Waals surface area (Å²) in [7, 11) is 0. The molecule has 1 aromatic heterocycles. The van der Waals surface area contributed by atoms with Crippen LogP contribution in [0.25, 0.3) is 11.3 Å². The van der Waals surface area contributed by atoms with E-state index in [1.165, 1.54) is 4.90 Å². The van der Waals surface area contributed by atoms with E-state index in [2.05, 4.69) is 5.16 Å². The number of carbonyl (C=O) groups is 2. The first-order valence-corrected chi connectivity index (χ1v) is 8.37. The van der Waals surface area contributed by atoms with Crippen molar-refractivity contribution in [3.63, 3.8) is 0 Å². The normalized spacial score (nSPS) is 14.4. The van der Waals surface area contributed by atoms with E-state index in [0.29, 0.717) is 26.9 Å².